The lowest BCUT2D eigenvalue weighted by molar-refractivity contribution is 0.415. The predicted octanol–water partition coefficient (Wildman–Crippen LogP) is 2.41. The molecule has 0 atom stereocenters. The molecule has 0 aliphatic heterocycles. The van der Waals surface area contributed by atoms with Gasteiger partial charge in [-0.1, -0.05) is 5.16 Å². The van der Waals surface area contributed by atoms with E-state index in [2.05, 4.69) is 10.1 Å². The molecule has 0 amide bonds. The summed E-state index contributed by atoms with van der Waals surface area (Å²) in [5.41, 5.74) is 8.18. The number of benzene rings is 1. The molecule has 86 valence electrons. The topological polar surface area (TPSA) is 77.1 Å². The maximum Gasteiger partial charge on any atom is 0.191 e. The number of rotatable bonds is 2. The third kappa shape index (κ3) is 1.44. The van der Waals surface area contributed by atoms with E-state index in [1.165, 1.54) is 6.20 Å². The van der Waals surface area contributed by atoms with Crippen molar-refractivity contribution in [3.8, 4) is 17.1 Å². The number of fused-ring (bicyclic) bond motifs is 1. The summed E-state index contributed by atoms with van der Waals surface area (Å²) in [5, 5.41) is 4.70. The molecule has 0 saturated heterocycles. The zero-order chi connectivity index (χ0) is 11.8. The quantitative estimate of drug-likeness (QED) is 0.707. The first-order valence-electron chi connectivity index (χ1n) is 5.15. The van der Waals surface area contributed by atoms with Gasteiger partial charge in [0.1, 0.15) is 11.4 Å². The summed E-state index contributed by atoms with van der Waals surface area (Å²) in [6, 6.07) is 5.78. The Bertz CT molecular complexity index is 669. The van der Waals surface area contributed by atoms with Crippen LogP contribution in [0.3, 0.4) is 0 Å². The second kappa shape index (κ2) is 3.55. The van der Waals surface area contributed by atoms with E-state index in [4.69, 9.17) is 15.0 Å². The fourth-order valence-electron chi connectivity index (χ4n) is 1.87. The number of nitrogens with one attached hydrogen (secondary N) is 1. The molecular formula is C12H11N3O2. The van der Waals surface area contributed by atoms with Gasteiger partial charge in [0, 0.05) is 28.7 Å². The molecule has 2 aromatic heterocycles. The summed E-state index contributed by atoms with van der Waals surface area (Å²) in [4.78, 5) is 3.16. The predicted molar refractivity (Wildman–Crippen MR) is 64.8 cm³/mol. The highest BCUT2D eigenvalue weighted by molar-refractivity contribution is 5.97. The normalized spacial score (nSPS) is 10.9. The van der Waals surface area contributed by atoms with Gasteiger partial charge >= 0.3 is 0 Å². The van der Waals surface area contributed by atoms with Crippen LogP contribution >= 0.6 is 0 Å². The summed E-state index contributed by atoms with van der Waals surface area (Å²) in [6.07, 6.45) is 3.35. The minimum atomic E-state index is 0.529. The Balaban J connectivity index is 2.22. The monoisotopic (exact) mass is 229 g/mol. The van der Waals surface area contributed by atoms with E-state index in [1.54, 1.807) is 7.11 Å². The molecular weight excluding hydrogens is 218 g/mol. The van der Waals surface area contributed by atoms with Gasteiger partial charge in [0.05, 0.1) is 13.3 Å². The number of nitrogen functional groups attached to an aromatic ring is 1. The van der Waals surface area contributed by atoms with Crippen LogP contribution in [-0.4, -0.2) is 17.3 Å². The maximum absolute atomic E-state index is 5.78. The Hall–Kier alpha value is -2.43. The van der Waals surface area contributed by atoms with Crippen molar-refractivity contribution in [2.75, 3.05) is 12.8 Å². The van der Waals surface area contributed by atoms with Crippen molar-refractivity contribution in [1.29, 1.82) is 0 Å². The standard InChI is InChI=1S/C12H11N3O2/c1-16-7-2-3-8-9(5-14-11(8)4-7)12-10(13)6-15-17-12/h2-6,14H,13H2,1H3. The lowest BCUT2D eigenvalue weighted by atomic mass is 10.1. The van der Waals surface area contributed by atoms with E-state index < -0.39 is 0 Å². The highest BCUT2D eigenvalue weighted by Gasteiger charge is 2.13. The number of H-pyrrole nitrogens is 1. The van der Waals surface area contributed by atoms with Gasteiger partial charge in [-0.15, -0.1) is 0 Å². The number of hydrogen-bond donors (Lipinski definition) is 2. The van der Waals surface area contributed by atoms with Crippen LogP contribution in [0.4, 0.5) is 5.69 Å². The SMILES string of the molecule is COc1ccc2c(-c3oncc3N)c[nH]c2c1. The summed E-state index contributed by atoms with van der Waals surface area (Å²) in [7, 11) is 1.64. The number of aromatic nitrogens is 2. The smallest absolute Gasteiger partial charge is 0.191 e. The van der Waals surface area contributed by atoms with Gasteiger partial charge in [-0.2, -0.15) is 0 Å². The van der Waals surface area contributed by atoms with E-state index in [0.29, 0.717) is 11.4 Å². The van der Waals surface area contributed by atoms with Gasteiger partial charge in [0.25, 0.3) is 0 Å². The second-order valence-electron chi connectivity index (χ2n) is 3.72. The Labute approximate surface area is 97.2 Å². The fraction of sp³-hybridized carbons (Fsp3) is 0.0833. The summed E-state index contributed by atoms with van der Waals surface area (Å²) in [6.45, 7) is 0. The van der Waals surface area contributed by atoms with Crippen molar-refractivity contribution >= 4 is 16.6 Å². The Kier molecular flexibility index (Phi) is 2.04. The van der Waals surface area contributed by atoms with Crippen LogP contribution in [0.1, 0.15) is 0 Å². The van der Waals surface area contributed by atoms with Crippen molar-refractivity contribution in [2.45, 2.75) is 0 Å². The molecule has 3 rings (SSSR count). The van der Waals surface area contributed by atoms with Crippen LogP contribution in [-0.2, 0) is 0 Å². The molecule has 0 bridgehead atoms. The molecule has 5 nitrogen and oxygen atoms in total. The summed E-state index contributed by atoms with van der Waals surface area (Å²) >= 11 is 0. The second-order valence-corrected chi connectivity index (χ2v) is 3.72. The van der Waals surface area contributed by atoms with Gasteiger partial charge in [0.15, 0.2) is 5.76 Å². The van der Waals surface area contributed by atoms with Crippen LogP contribution in [0.15, 0.2) is 35.1 Å². The van der Waals surface area contributed by atoms with Gasteiger partial charge in [0.2, 0.25) is 0 Å². The van der Waals surface area contributed by atoms with Crippen LogP contribution in [0.25, 0.3) is 22.2 Å². The van der Waals surface area contributed by atoms with Crippen molar-refractivity contribution < 1.29 is 9.26 Å². The van der Waals surface area contributed by atoms with Crippen molar-refractivity contribution in [1.82, 2.24) is 10.1 Å². The number of nitrogens with two attached hydrogens (primary N) is 1. The molecule has 0 spiro atoms. The first kappa shape index (κ1) is 9.77. The zero-order valence-electron chi connectivity index (χ0n) is 9.23. The fourth-order valence-corrected chi connectivity index (χ4v) is 1.87. The van der Waals surface area contributed by atoms with Crippen LogP contribution in [0, 0.1) is 0 Å². The number of anilines is 1. The molecule has 1 aromatic carbocycles. The zero-order valence-corrected chi connectivity index (χ0v) is 9.23. The number of nitrogens with zero attached hydrogens (tertiary/aromatic N) is 1. The van der Waals surface area contributed by atoms with Gasteiger partial charge in [-0.05, 0) is 12.1 Å². The van der Waals surface area contributed by atoms with Crippen LogP contribution in [0.5, 0.6) is 5.75 Å². The lowest BCUT2D eigenvalue weighted by Gasteiger charge is -1.99. The number of methoxy groups -OCH3 is 1. The van der Waals surface area contributed by atoms with Crippen molar-refractivity contribution in [3.63, 3.8) is 0 Å². The van der Waals surface area contributed by atoms with E-state index in [1.807, 2.05) is 24.4 Å². The molecule has 3 aromatic rings. The summed E-state index contributed by atoms with van der Waals surface area (Å²) in [5.74, 6) is 1.39. The molecule has 0 unspecified atom stereocenters. The molecule has 0 fully saturated rings. The molecule has 5 heteroatoms. The molecule has 3 N–H and O–H groups in total. The average Bonchev–Trinajstić information content (AvgIpc) is 2.94. The maximum atomic E-state index is 5.78. The van der Waals surface area contributed by atoms with E-state index >= 15 is 0 Å². The molecule has 17 heavy (non-hydrogen) atoms. The summed E-state index contributed by atoms with van der Waals surface area (Å²) < 4.78 is 10.3. The molecule has 0 aliphatic carbocycles. The average molecular weight is 229 g/mol. The molecule has 0 radical (unpaired) electrons. The van der Waals surface area contributed by atoms with E-state index in [0.717, 1.165) is 22.2 Å². The largest absolute Gasteiger partial charge is 0.497 e. The first-order valence-corrected chi connectivity index (χ1v) is 5.15. The highest BCUT2D eigenvalue weighted by atomic mass is 16.5. The van der Waals surface area contributed by atoms with Gasteiger partial charge in [-0.3, -0.25) is 0 Å². The number of aromatic amines is 1. The minimum absolute atomic E-state index is 0.529. The molecule has 0 aliphatic rings. The van der Waals surface area contributed by atoms with Crippen LogP contribution < -0.4 is 10.5 Å². The third-order valence-electron chi connectivity index (χ3n) is 2.73. The highest BCUT2D eigenvalue weighted by Crippen LogP contribution is 2.33. The minimum Gasteiger partial charge on any atom is -0.497 e. The van der Waals surface area contributed by atoms with Crippen molar-refractivity contribution in [2.24, 2.45) is 0 Å². The Morgan fingerprint density at radius 1 is 1.41 bits per heavy atom. The molecule has 2 heterocycles. The Morgan fingerprint density at radius 2 is 2.29 bits per heavy atom. The number of hydrogen-bond acceptors (Lipinski definition) is 4. The third-order valence-corrected chi connectivity index (χ3v) is 2.73. The van der Waals surface area contributed by atoms with Crippen LogP contribution in [0.2, 0.25) is 0 Å². The van der Waals surface area contributed by atoms with Gasteiger partial charge in [-0.25, -0.2) is 0 Å². The van der Waals surface area contributed by atoms with E-state index in [-0.39, 0.29) is 0 Å². The number of ether oxygens (including phenoxy) is 1. The molecule has 0 saturated carbocycles. The van der Waals surface area contributed by atoms with Crippen molar-refractivity contribution in [3.05, 3.63) is 30.6 Å². The lowest BCUT2D eigenvalue weighted by Crippen LogP contribution is -1.84. The first-order chi connectivity index (χ1) is 8.29. The van der Waals surface area contributed by atoms with Gasteiger partial charge < -0.3 is 20.0 Å². The van der Waals surface area contributed by atoms with E-state index in [9.17, 15) is 0 Å². The Morgan fingerprint density at radius 3 is 3.00 bits per heavy atom.